The molecule has 0 saturated carbocycles. The van der Waals surface area contributed by atoms with E-state index < -0.39 is 18.0 Å². The second-order valence-electron chi connectivity index (χ2n) is 5.71. The van der Waals surface area contributed by atoms with Crippen LogP contribution in [0.4, 0.5) is 23.2 Å². The molecule has 0 bridgehead atoms. The molecule has 2 rings (SSSR count). The first kappa shape index (κ1) is 17.3. The normalized spacial score (nSPS) is 19.2. The molecule has 1 aromatic rings. The van der Waals surface area contributed by atoms with Crippen molar-refractivity contribution in [2.45, 2.75) is 32.0 Å². The van der Waals surface area contributed by atoms with Gasteiger partial charge in [0.1, 0.15) is 11.9 Å². The van der Waals surface area contributed by atoms with Crippen molar-refractivity contribution >= 4 is 17.3 Å². The second kappa shape index (κ2) is 7.04. The van der Waals surface area contributed by atoms with Gasteiger partial charge in [0.05, 0.1) is 5.02 Å². The number of hydrogen-bond acceptors (Lipinski definition) is 2. The first-order chi connectivity index (χ1) is 10.3. The van der Waals surface area contributed by atoms with Gasteiger partial charge in [0.25, 0.3) is 0 Å². The number of benzene rings is 1. The third-order valence-corrected chi connectivity index (χ3v) is 4.47. The predicted molar refractivity (Wildman–Crippen MR) is 79.7 cm³/mol. The van der Waals surface area contributed by atoms with Crippen LogP contribution in [0, 0.1) is 11.7 Å². The SMILES string of the molecule is CC(N1CCC(CNc2ccc(F)c(Cl)c2)CC1)C(F)(F)F. The van der Waals surface area contributed by atoms with Crippen molar-refractivity contribution in [1.29, 1.82) is 0 Å². The fourth-order valence-corrected chi connectivity index (χ4v) is 2.80. The van der Waals surface area contributed by atoms with Crippen LogP contribution >= 0.6 is 11.6 Å². The number of hydrogen-bond donors (Lipinski definition) is 1. The average Bonchev–Trinajstić information content (AvgIpc) is 2.47. The minimum Gasteiger partial charge on any atom is -0.385 e. The van der Waals surface area contributed by atoms with Gasteiger partial charge in [-0.2, -0.15) is 13.2 Å². The quantitative estimate of drug-likeness (QED) is 0.810. The lowest BCUT2D eigenvalue weighted by Gasteiger charge is -2.36. The molecule has 0 spiro atoms. The number of anilines is 1. The first-order valence-electron chi connectivity index (χ1n) is 7.27. The van der Waals surface area contributed by atoms with E-state index in [9.17, 15) is 17.6 Å². The van der Waals surface area contributed by atoms with Crippen LogP contribution in [0.2, 0.25) is 5.02 Å². The summed E-state index contributed by atoms with van der Waals surface area (Å²) in [7, 11) is 0. The fourth-order valence-electron chi connectivity index (χ4n) is 2.62. The Morgan fingerprint density at radius 2 is 1.95 bits per heavy atom. The van der Waals surface area contributed by atoms with Crippen molar-refractivity contribution in [3.05, 3.63) is 29.0 Å². The van der Waals surface area contributed by atoms with E-state index in [0.29, 0.717) is 38.4 Å². The molecule has 1 aromatic carbocycles. The first-order valence-corrected chi connectivity index (χ1v) is 7.65. The minimum atomic E-state index is -4.17. The van der Waals surface area contributed by atoms with E-state index >= 15 is 0 Å². The highest BCUT2D eigenvalue weighted by molar-refractivity contribution is 6.31. The third-order valence-electron chi connectivity index (χ3n) is 4.19. The molecular formula is C15H19ClF4N2. The molecular weight excluding hydrogens is 320 g/mol. The Kier molecular flexibility index (Phi) is 5.55. The van der Waals surface area contributed by atoms with Crippen LogP contribution in [-0.4, -0.2) is 36.8 Å². The maximum atomic E-state index is 13.1. The van der Waals surface area contributed by atoms with Gasteiger partial charge in [-0.25, -0.2) is 4.39 Å². The summed E-state index contributed by atoms with van der Waals surface area (Å²) >= 11 is 5.70. The van der Waals surface area contributed by atoms with Gasteiger partial charge in [-0.05, 0) is 57.0 Å². The van der Waals surface area contributed by atoms with Gasteiger partial charge < -0.3 is 5.32 Å². The zero-order valence-corrected chi connectivity index (χ0v) is 13.0. The molecule has 0 aromatic heterocycles. The van der Waals surface area contributed by atoms with Crippen molar-refractivity contribution in [3.63, 3.8) is 0 Å². The lowest BCUT2D eigenvalue weighted by molar-refractivity contribution is -0.181. The monoisotopic (exact) mass is 338 g/mol. The Bertz CT molecular complexity index is 499. The zero-order valence-electron chi connectivity index (χ0n) is 12.3. The van der Waals surface area contributed by atoms with Gasteiger partial charge in [0, 0.05) is 12.2 Å². The van der Waals surface area contributed by atoms with Crippen LogP contribution in [0.3, 0.4) is 0 Å². The van der Waals surface area contributed by atoms with E-state index in [0.717, 1.165) is 5.69 Å². The van der Waals surface area contributed by atoms with E-state index in [2.05, 4.69) is 5.32 Å². The maximum absolute atomic E-state index is 13.1. The Labute approximate surface area is 132 Å². The molecule has 124 valence electrons. The highest BCUT2D eigenvalue weighted by atomic mass is 35.5. The van der Waals surface area contributed by atoms with E-state index in [1.165, 1.54) is 24.0 Å². The summed E-state index contributed by atoms with van der Waals surface area (Å²) in [6, 6.07) is 3.01. The molecule has 1 heterocycles. The topological polar surface area (TPSA) is 15.3 Å². The van der Waals surface area contributed by atoms with Crippen molar-refractivity contribution in [3.8, 4) is 0 Å². The molecule has 1 N–H and O–H groups in total. The van der Waals surface area contributed by atoms with Gasteiger partial charge in [0.2, 0.25) is 0 Å². The van der Waals surface area contributed by atoms with Crippen molar-refractivity contribution in [2.75, 3.05) is 25.0 Å². The van der Waals surface area contributed by atoms with Gasteiger partial charge in [-0.15, -0.1) is 0 Å². The smallest absolute Gasteiger partial charge is 0.385 e. The summed E-state index contributed by atoms with van der Waals surface area (Å²) in [4.78, 5) is 1.48. The molecule has 0 radical (unpaired) electrons. The maximum Gasteiger partial charge on any atom is 0.403 e. The lowest BCUT2D eigenvalue weighted by atomic mass is 9.95. The van der Waals surface area contributed by atoms with Crippen LogP contribution < -0.4 is 5.32 Å². The minimum absolute atomic E-state index is 0.0545. The van der Waals surface area contributed by atoms with Gasteiger partial charge in [0.15, 0.2) is 0 Å². The Morgan fingerprint density at radius 3 is 2.50 bits per heavy atom. The molecule has 7 heteroatoms. The number of alkyl halides is 3. The van der Waals surface area contributed by atoms with Gasteiger partial charge in [-0.1, -0.05) is 11.6 Å². The molecule has 22 heavy (non-hydrogen) atoms. The largest absolute Gasteiger partial charge is 0.403 e. The molecule has 2 nitrogen and oxygen atoms in total. The fraction of sp³-hybridized carbons (Fsp3) is 0.600. The van der Waals surface area contributed by atoms with Crippen LogP contribution in [-0.2, 0) is 0 Å². The van der Waals surface area contributed by atoms with Crippen LogP contribution in [0.15, 0.2) is 18.2 Å². The summed E-state index contributed by atoms with van der Waals surface area (Å²) < 4.78 is 51.1. The van der Waals surface area contributed by atoms with Crippen LogP contribution in [0.5, 0.6) is 0 Å². The molecule has 1 fully saturated rings. The highest BCUT2D eigenvalue weighted by Gasteiger charge is 2.40. The summed E-state index contributed by atoms with van der Waals surface area (Å²) in [5, 5.41) is 3.22. The van der Waals surface area contributed by atoms with Gasteiger partial charge >= 0.3 is 6.18 Å². The van der Waals surface area contributed by atoms with E-state index in [4.69, 9.17) is 11.6 Å². The molecule has 1 aliphatic heterocycles. The number of piperidine rings is 1. The van der Waals surface area contributed by atoms with E-state index in [1.54, 1.807) is 6.07 Å². The highest BCUT2D eigenvalue weighted by Crippen LogP contribution is 2.28. The van der Waals surface area contributed by atoms with Crippen molar-refractivity contribution in [2.24, 2.45) is 5.92 Å². The molecule has 1 unspecified atom stereocenters. The lowest BCUT2D eigenvalue weighted by Crippen LogP contribution is -2.47. The van der Waals surface area contributed by atoms with Crippen molar-refractivity contribution in [1.82, 2.24) is 4.90 Å². The van der Waals surface area contributed by atoms with Crippen LogP contribution in [0.25, 0.3) is 0 Å². The Morgan fingerprint density at radius 1 is 1.32 bits per heavy atom. The summed E-state index contributed by atoms with van der Waals surface area (Å²) in [5.41, 5.74) is 0.720. The van der Waals surface area contributed by atoms with Gasteiger partial charge in [-0.3, -0.25) is 4.90 Å². The summed E-state index contributed by atoms with van der Waals surface area (Å²) in [6.07, 6.45) is -2.75. The number of likely N-dealkylation sites (tertiary alicyclic amines) is 1. The second-order valence-corrected chi connectivity index (χ2v) is 6.11. The zero-order chi connectivity index (χ0) is 16.3. The van der Waals surface area contributed by atoms with E-state index in [1.807, 2.05) is 0 Å². The number of nitrogens with one attached hydrogen (secondary N) is 1. The molecule has 1 saturated heterocycles. The molecule has 1 atom stereocenters. The summed E-state index contributed by atoms with van der Waals surface area (Å²) in [6.45, 7) is 2.74. The Hall–Kier alpha value is -1.01. The third kappa shape index (κ3) is 4.49. The van der Waals surface area contributed by atoms with Crippen molar-refractivity contribution < 1.29 is 17.6 Å². The van der Waals surface area contributed by atoms with E-state index in [-0.39, 0.29) is 5.02 Å². The molecule has 0 aliphatic carbocycles. The summed E-state index contributed by atoms with van der Waals surface area (Å²) in [5.74, 6) is -0.165. The number of halogens is 5. The molecule has 1 aliphatic rings. The Balaban J connectivity index is 1.79. The average molecular weight is 339 g/mol. The number of nitrogens with zero attached hydrogens (tertiary/aromatic N) is 1. The van der Waals surface area contributed by atoms with Crippen LogP contribution in [0.1, 0.15) is 19.8 Å². The standard InChI is InChI=1S/C15H19ClF4N2/c1-10(15(18,19)20)22-6-4-11(5-7-22)9-21-12-2-3-14(17)13(16)8-12/h2-3,8,10-11,21H,4-7,9H2,1H3. The number of rotatable bonds is 4. The molecule has 0 amide bonds. The predicted octanol–water partition coefficient (Wildman–Crippen LogP) is 4.55.